The molecule has 1 atom stereocenters. The monoisotopic (exact) mass is 240 g/mol. The van der Waals surface area contributed by atoms with Crippen molar-refractivity contribution in [3.63, 3.8) is 0 Å². The molecule has 0 radical (unpaired) electrons. The lowest BCUT2D eigenvalue weighted by Gasteiger charge is -2.30. The van der Waals surface area contributed by atoms with Gasteiger partial charge in [0.25, 0.3) is 0 Å². The predicted octanol–water partition coefficient (Wildman–Crippen LogP) is 1.34. The van der Waals surface area contributed by atoms with Crippen LogP contribution in [0.2, 0.25) is 0 Å². The molecule has 88 valence electrons. The van der Waals surface area contributed by atoms with Crippen molar-refractivity contribution in [3.8, 4) is 0 Å². The largest absolute Gasteiger partial charge is 0.337 e. The molecule has 4 heteroatoms. The highest BCUT2D eigenvalue weighted by Gasteiger charge is 2.22. The average molecular weight is 241 g/mol. The number of fused-ring (bicyclic) bond motifs is 1. The molecule has 1 aliphatic heterocycles. The molecule has 0 saturated carbocycles. The van der Waals surface area contributed by atoms with Crippen LogP contribution in [0.25, 0.3) is 0 Å². The highest BCUT2D eigenvalue weighted by atomic mass is 35.5. The molecule has 0 aliphatic carbocycles. The van der Waals surface area contributed by atoms with E-state index in [0.29, 0.717) is 6.54 Å². The highest BCUT2D eigenvalue weighted by molar-refractivity contribution is 5.85. The minimum absolute atomic E-state index is 0. The lowest BCUT2D eigenvalue weighted by atomic mass is 9.99. The molecular formula is C12H17ClN2O. The molecule has 0 unspecified atom stereocenters. The standard InChI is InChI=1S/C12H16N2O.ClH/c1-9(13)12(15)14-7-6-10-4-2-3-5-11(10)8-14;/h2-5,9H,6-8,13H2,1H3;1H/t9-;/m1./s1. The number of hydrogen-bond acceptors (Lipinski definition) is 2. The lowest BCUT2D eigenvalue weighted by molar-refractivity contribution is -0.133. The van der Waals surface area contributed by atoms with Crippen molar-refractivity contribution in [1.29, 1.82) is 0 Å². The van der Waals surface area contributed by atoms with E-state index >= 15 is 0 Å². The third kappa shape index (κ3) is 2.54. The molecule has 0 spiro atoms. The van der Waals surface area contributed by atoms with Gasteiger partial charge < -0.3 is 10.6 Å². The summed E-state index contributed by atoms with van der Waals surface area (Å²) in [6.07, 6.45) is 0.939. The van der Waals surface area contributed by atoms with Gasteiger partial charge in [0.15, 0.2) is 0 Å². The summed E-state index contributed by atoms with van der Waals surface area (Å²) in [4.78, 5) is 13.5. The first-order valence-electron chi connectivity index (χ1n) is 5.29. The second kappa shape index (κ2) is 5.32. The smallest absolute Gasteiger partial charge is 0.239 e. The normalized spacial score (nSPS) is 16.0. The van der Waals surface area contributed by atoms with Gasteiger partial charge in [-0.3, -0.25) is 4.79 Å². The zero-order valence-corrected chi connectivity index (χ0v) is 10.2. The zero-order valence-electron chi connectivity index (χ0n) is 9.35. The number of amides is 1. The first-order valence-corrected chi connectivity index (χ1v) is 5.29. The summed E-state index contributed by atoms with van der Waals surface area (Å²) in [5, 5.41) is 0. The van der Waals surface area contributed by atoms with Crippen molar-refractivity contribution in [2.75, 3.05) is 6.54 Å². The summed E-state index contributed by atoms with van der Waals surface area (Å²) in [7, 11) is 0. The van der Waals surface area contributed by atoms with Crippen LogP contribution in [0.3, 0.4) is 0 Å². The molecule has 1 heterocycles. The number of hydrogen-bond donors (Lipinski definition) is 1. The van der Waals surface area contributed by atoms with Crippen LogP contribution in [-0.4, -0.2) is 23.4 Å². The van der Waals surface area contributed by atoms with E-state index < -0.39 is 6.04 Å². The van der Waals surface area contributed by atoms with Crippen LogP contribution < -0.4 is 5.73 Å². The predicted molar refractivity (Wildman–Crippen MR) is 66.5 cm³/mol. The van der Waals surface area contributed by atoms with Crippen molar-refractivity contribution < 1.29 is 4.79 Å². The average Bonchev–Trinajstić information content (AvgIpc) is 2.27. The molecule has 0 bridgehead atoms. The van der Waals surface area contributed by atoms with Gasteiger partial charge >= 0.3 is 0 Å². The van der Waals surface area contributed by atoms with Crippen LogP contribution in [0.15, 0.2) is 24.3 Å². The third-order valence-corrected chi connectivity index (χ3v) is 2.83. The quantitative estimate of drug-likeness (QED) is 0.805. The molecule has 0 fully saturated rings. The minimum atomic E-state index is -0.393. The molecule has 0 saturated heterocycles. The molecule has 1 aromatic rings. The number of nitrogens with zero attached hydrogens (tertiary/aromatic N) is 1. The Labute approximate surface area is 102 Å². The van der Waals surface area contributed by atoms with Gasteiger partial charge in [-0.05, 0) is 24.5 Å². The molecule has 16 heavy (non-hydrogen) atoms. The summed E-state index contributed by atoms with van der Waals surface area (Å²) >= 11 is 0. The van der Waals surface area contributed by atoms with E-state index in [-0.39, 0.29) is 18.3 Å². The molecule has 1 amide bonds. The van der Waals surface area contributed by atoms with Crippen molar-refractivity contribution in [1.82, 2.24) is 4.90 Å². The van der Waals surface area contributed by atoms with Crippen LogP contribution in [-0.2, 0) is 17.8 Å². The fourth-order valence-corrected chi connectivity index (χ4v) is 1.97. The molecular weight excluding hydrogens is 224 g/mol. The van der Waals surface area contributed by atoms with Gasteiger partial charge in [0.2, 0.25) is 5.91 Å². The maximum Gasteiger partial charge on any atom is 0.239 e. The van der Waals surface area contributed by atoms with E-state index in [1.54, 1.807) is 6.92 Å². The van der Waals surface area contributed by atoms with E-state index in [1.165, 1.54) is 11.1 Å². The van der Waals surface area contributed by atoms with Gasteiger partial charge in [0.05, 0.1) is 6.04 Å². The van der Waals surface area contributed by atoms with Crippen LogP contribution >= 0.6 is 12.4 Å². The van der Waals surface area contributed by atoms with E-state index in [9.17, 15) is 4.79 Å². The SMILES string of the molecule is C[C@@H](N)C(=O)N1CCc2ccccc2C1.Cl. The lowest BCUT2D eigenvalue weighted by Crippen LogP contribution is -2.44. The Morgan fingerprint density at radius 2 is 2.00 bits per heavy atom. The maximum atomic E-state index is 11.7. The summed E-state index contributed by atoms with van der Waals surface area (Å²) in [5.74, 6) is 0.0458. The summed E-state index contributed by atoms with van der Waals surface area (Å²) in [6, 6.07) is 7.87. The number of nitrogens with two attached hydrogens (primary N) is 1. The minimum Gasteiger partial charge on any atom is -0.337 e. The van der Waals surface area contributed by atoms with Crippen molar-refractivity contribution in [2.45, 2.75) is 25.9 Å². The maximum absolute atomic E-state index is 11.7. The van der Waals surface area contributed by atoms with Gasteiger partial charge in [-0.15, -0.1) is 12.4 Å². The van der Waals surface area contributed by atoms with Gasteiger partial charge in [-0.25, -0.2) is 0 Å². The first-order chi connectivity index (χ1) is 7.18. The second-order valence-electron chi connectivity index (χ2n) is 4.07. The Kier molecular flexibility index (Phi) is 4.33. The van der Waals surface area contributed by atoms with Crippen LogP contribution in [0.5, 0.6) is 0 Å². The highest BCUT2D eigenvalue weighted by Crippen LogP contribution is 2.18. The molecule has 0 aromatic heterocycles. The molecule has 1 aromatic carbocycles. The fraction of sp³-hybridized carbons (Fsp3) is 0.417. The van der Waals surface area contributed by atoms with Crippen LogP contribution in [0, 0.1) is 0 Å². The Hall–Kier alpha value is -1.06. The summed E-state index contributed by atoms with van der Waals surface area (Å²) in [6.45, 7) is 3.23. The number of halogens is 1. The zero-order chi connectivity index (χ0) is 10.8. The topological polar surface area (TPSA) is 46.3 Å². The van der Waals surface area contributed by atoms with Gasteiger partial charge in [0.1, 0.15) is 0 Å². The van der Waals surface area contributed by atoms with E-state index in [4.69, 9.17) is 5.73 Å². The van der Waals surface area contributed by atoms with Crippen LogP contribution in [0.1, 0.15) is 18.1 Å². The molecule has 1 aliphatic rings. The Bertz CT molecular complexity index is 379. The van der Waals surface area contributed by atoms with Crippen molar-refractivity contribution in [3.05, 3.63) is 35.4 Å². The van der Waals surface area contributed by atoms with E-state index in [2.05, 4.69) is 12.1 Å². The van der Waals surface area contributed by atoms with Gasteiger partial charge in [-0.1, -0.05) is 24.3 Å². The Balaban J connectivity index is 0.00000128. The number of carbonyl (C=O) groups excluding carboxylic acids is 1. The molecule has 2 N–H and O–H groups in total. The second-order valence-corrected chi connectivity index (χ2v) is 4.07. The Morgan fingerprint density at radius 3 is 2.62 bits per heavy atom. The number of carbonyl (C=O) groups is 1. The molecule has 2 rings (SSSR count). The van der Waals surface area contributed by atoms with Crippen molar-refractivity contribution >= 4 is 18.3 Å². The third-order valence-electron chi connectivity index (χ3n) is 2.83. The number of rotatable bonds is 1. The van der Waals surface area contributed by atoms with Crippen LogP contribution in [0.4, 0.5) is 0 Å². The first kappa shape index (κ1) is 13.0. The van der Waals surface area contributed by atoms with Gasteiger partial charge in [-0.2, -0.15) is 0 Å². The summed E-state index contributed by atoms with van der Waals surface area (Å²) in [5.41, 5.74) is 8.20. The van der Waals surface area contributed by atoms with E-state index in [0.717, 1.165) is 13.0 Å². The Morgan fingerprint density at radius 1 is 1.38 bits per heavy atom. The van der Waals surface area contributed by atoms with E-state index in [1.807, 2.05) is 17.0 Å². The van der Waals surface area contributed by atoms with Crippen molar-refractivity contribution in [2.24, 2.45) is 5.73 Å². The fourth-order valence-electron chi connectivity index (χ4n) is 1.97. The molecule has 3 nitrogen and oxygen atoms in total. The summed E-state index contributed by atoms with van der Waals surface area (Å²) < 4.78 is 0. The number of benzene rings is 1. The van der Waals surface area contributed by atoms with Gasteiger partial charge in [0, 0.05) is 13.1 Å².